The first-order valence-corrected chi connectivity index (χ1v) is 10.4. The Labute approximate surface area is 195 Å². The summed E-state index contributed by atoms with van der Waals surface area (Å²) in [6.45, 7) is 4.01. The molecule has 1 amide bonds. The number of aryl methyl sites for hydroxylation is 2. The Morgan fingerprint density at radius 1 is 1.03 bits per heavy atom. The van der Waals surface area contributed by atoms with Crippen LogP contribution in [0.15, 0.2) is 79.0 Å². The van der Waals surface area contributed by atoms with Crippen molar-refractivity contribution in [3.63, 3.8) is 0 Å². The minimum atomic E-state index is -0.546. The number of non-ortho nitro benzene ring substituents is 1. The summed E-state index contributed by atoms with van der Waals surface area (Å²) in [7, 11) is 0. The number of nitrogens with one attached hydrogen (secondary N) is 1. The van der Waals surface area contributed by atoms with Gasteiger partial charge >= 0.3 is 0 Å². The number of hydrogen-bond donors (Lipinski definition) is 1. The average molecular weight is 458 g/mol. The maximum absolute atomic E-state index is 12.7. The molecule has 0 aliphatic heterocycles. The molecule has 0 atom stereocenters. The Morgan fingerprint density at radius 2 is 1.79 bits per heavy atom. The van der Waals surface area contributed by atoms with E-state index in [1.165, 1.54) is 28.9 Å². The normalized spacial score (nSPS) is 10.5. The molecule has 3 aromatic carbocycles. The standard InChI is InChI=1S/C25H22N4O5/c1-17-7-9-21(10-8-17)34-22-14-19(13-20(15-22)29(31)32)26-25(30)23-11-12-28(27-23)16-33-24-6-4-3-5-18(24)2/h3-15H,16H2,1-2H3,(H,26,30). The maximum Gasteiger partial charge on any atom is 0.276 e. The summed E-state index contributed by atoms with van der Waals surface area (Å²) in [6.07, 6.45) is 1.62. The van der Waals surface area contributed by atoms with E-state index in [0.717, 1.165) is 16.9 Å². The average Bonchev–Trinajstić information content (AvgIpc) is 3.29. The zero-order valence-electron chi connectivity index (χ0n) is 18.6. The van der Waals surface area contributed by atoms with E-state index in [1.807, 2.05) is 50.2 Å². The van der Waals surface area contributed by atoms with Crippen molar-refractivity contribution < 1.29 is 19.2 Å². The van der Waals surface area contributed by atoms with Crippen molar-refractivity contribution in [3.8, 4) is 17.2 Å². The molecule has 1 heterocycles. The molecule has 0 unspecified atom stereocenters. The van der Waals surface area contributed by atoms with Gasteiger partial charge in [0, 0.05) is 18.3 Å². The van der Waals surface area contributed by atoms with Crippen molar-refractivity contribution in [1.29, 1.82) is 0 Å². The van der Waals surface area contributed by atoms with Crippen LogP contribution in [-0.2, 0) is 6.73 Å². The molecule has 1 aromatic heterocycles. The fourth-order valence-electron chi connectivity index (χ4n) is 3.17. The van der Waals surface area contributed by atoms with Crippen molar-refractivity contribution in [1.82, 2.24) is 9.78 Å². The van der Waals surface area contributed by atoms with Gasteiger partial charge in [0.15, 0.2) is 12.4 Å². The highest BCUT2D eigenvalue weighted by molar-refractivity contribution is 6.03. The summed E-state index contributed by atoms with van der Waals surface area (Å²) >= 11 is 0. The number of benzene rings is 3. The van der Waals surface area contributed by atoms with E-state index in [2.05, 4.69) is 10.4 Å². The number of ether oxygens (including phenoxy) is 2. The number of carbonyl (C=O) groups excluding carboxylic acids is 1. The molecule has 0 saturated carbocycles. The van der Waals surface area contributed by atoms with E-state index in [1.54, 1.807) is 18.3 Å². The van der Waals surface area contributed by atoms with Gasteiger partial charge in [-0.1, -0.05) is 35.9 Å². The largest absolute Gasteiger partial charge is 0.471 e. The van der Waals surface area contributed by atoms with E-state index in [4.69, 9.17) is 9.47 Å². The number of nitro benzene ring substituents is 1. The predicted octanol–water partition coefficient (Wildman–Crippen LogP) is 5.49. The van der Waals surface area contributed by atoms with Gasteiger partial charge in [-0.15, -0.1) is 0 Å². The molecule has 9 nitrogen and oxygen atoms in total. The van der Waals surface area contributed by atoms with Gasteiger partial charge in [-0.3, -0.25) is 14.9 Å². The molecule has 0 spiro atoms. The first-order chi connectivity index (χ1) is 16.4. The Hall–Kier alpha value is -4.66. The molecule has 34 heavy (non-hydrogen) atoms. The number of carbonyl (C=O) groups is 1. The number of para-hydroxylation sites is 1. The SMILES string of the molecule is Cc1ccc(Oc2cc(NC(=O)c3ccn(COc4ccccc4C)n3)cc([N+](=O)[O-])c2)cc1. The van der Waals surface area contributed by atoms with Crippen LogP contribution in [0.2, 0.25) is 0 Å². The van der Waals surface area contributed by atoms with Crippen LogP contribution in [-0.4, -0.2) is 20.6 Å². The minimum Gasteiger partial charge on any atom is -0.471 e. The number of aromatic nitrogens is 2. The van der Waals surface area contributed by atoms with Gasteiger partial charge in [0.1, 0.15) is 17.2 Å². The molecule has 4 aromatic rings. The number of nitro groups is 1. The van der Waals surface area contributed by atoms with Crippen LogP contribution in [0.4, 0.5) is 11.4 Å². The van der Waals surface area contributed by atoms with Gasteiger partial charge in [0.05, 0.1) is 16.7 Å². The monoisotopic (exact) mass is 458 g/mol. The van der Waals surface area contributed by atoms with Crippen LogP contribution >= 0.6 is 0 Å². The Bertz CT molecular complexity index is 1330. The van der Waals surface area contributed by atoms with Crippen LogP contribution in [0.25, 0.3) is 0 Å². The molecule has 0 saturated heterocycles. The van der Waals surface area contributed by atoms with Crippen molar-refractivity contribution >= 4 is 17.3 Å². The highest BCUT2D eigenvalue weighted by Crippen LogP contribution is 2.30. The summed E-state index contributed by atoms with van der Waals surface area (Å²) in [4.78, 5) is 23.5. The minimum absolute atomic E-state index is 0.128. The quantitative estimate of drug-likeness (QED) is 0.276. The van der Waals surface area contributed by atoms with E-state index in [-0.39, 0.29) is 29.5 Å². The highest BCUT2D eigenvalue weighted by atomic mass is 16.6. The van der Waals surface area contributed by atoms with Gasteiger partial charge in [-0.2, -0.15) is 5.10 Å². The lowest BCUT2D eigenvalue weighted by Gasteiger charge is -2.09. The number of anilines is 1. The van der Waals surface area contributed by atoms with E-state index < -0.39 is 10.8 Å². The van der Waals surface area contributed by atoms with E-state index >= 15 is 0 Å². The third kappa shape index (κ3) is 5.57. The molecule has 0 radical (unpaired) electrons. The Kier molecular flexibility index (Phi) is 6.54. The van der Waals surface area contributed by atoms with Gasteiger partial charge < -0.3 is 14.8 Å². The third-order valence-electron chi connectivity index (χ3n) is 4.94. The van der Waals surface area contributed by atoms with Crippen molar-refractivity contribution in [3.05, 3.63) is 106 Å². The molecule has 4 rings (SSSR count). The fourth-order valence-corrected chi connectivity index (χ4v) is 3.17. The molecule has 0 aliphatic rings. The topological polar surface area (TPSA) is 109 Å². The van der Waals surface area contributed by atoms with Crippen molar-refractivity contribution in [2.24, 2.45) is 0 Å². The molecular formula is C25H22N4O5. The zero-order chi connectivity index (χ0) is 24.1. The molecule has 0 fully saturated rings. The third-order valence-corrected chi connectivity index (χ3v) is 4.94. The lowest BCUT2D eigenvalue weighted by molar-refractivity contribution is -0.384. The summed E-state index contributed by atoms with van der Waals surface area (Å²) < 4.78 is 13.0. The number of nitrogens with zero attached hydrogens (tertiary/aromatic N) is 3. The second-order valence-electron chi connectivity index (χ2n) is 7.62. The molecule has 172 valence electrons. The van der Waals surface area contributed by atoms with Gasteiger partial charge in [-0.05, 0) is 43.7 Å². The number of amides is 1. The number of rotatable bonds is 8. The second-order valence-corrected chi connectivity index (χ2v) is 7.62. The Balaban J connectivity index is 1.46. The van der Waals surface area contributed by atoms with E-state index in [0.29, 0.717) is 5.75 Å². The van der Waals surface area contributed by atoms with Crippen LogP contribution in [0.3, 0.4) is 0 Å². The predicted molar refractivity (Wildman–Crippen MR) is 126 cm³/mol. The second kappa shape index (κ2) is 9.86. The first-order valence-electron chi connectivity index (χ1n) is 10.4. The van der Waals surface area contributed by atoms with E-state index in [9.17, 15) is 14.9 Å². The molecule has 0 bridgehead atoms. The maximum atomic E-state index is 12.7. The lowest BCUT2D eigenvalue weighted by Crippen LogP contribution is -2.14. The fraction of sp³-hybridized carbons (Fsp3) is 0.120. The van der Waals surface area contributed by atoms with Crippen LogP contribution < -0.4 is 14.8 Å². The smallest absolute Gasteiger partial charge is 0.276 e. The summed E-state index contributed by atoms with van der Waals surface area (Å²) in [6, 6.07) is 20.5. The van der Waals surface area contributed by atoms with Gasteiger partial charge in [0.2, 0.25) is 0 Å². The van der Waals surface area contributed by atoms with Crippen LogP contribution in [0, 0.1) is 24.0 Å². The van der Waals surface area contributed by atoms with Gasteiger partial charge in [0.25, 0.3) is 11.6 Å². The summed E-state index contributed by atoms with van der Waals surface area (Å²) in [5, 5.41) is 18.2. The first kappa shape index (κ1) is 22.5. The summed E-state index contributed by atoms with van der Waals surface area (Å²) in [5.41, 5.74) is 2.19. The molecular weight excluding hydrogens is 436 g/mol. The van der Waals surface area contributed by atoms with Crippen LogP contribution in [0.1, 0.15) is 21.6 Å². The van der Waals surface area contributed by atoms with Crippen LogP contribution in [0.5, 0.6) is 17.2 Å². The molecule has 1 N–H and O–H groups in total. The van der Waals surface area contributed by atoms with Crippen molar-refractivity contribution in [2.45, 2.75) is 20.6 Å². The number of hydrogen-bond acceptors (Lipinski definition) is 6. The van der Waals surface area contributed by atoms with Crippen molar-refractivity contribution in [2.75, 3.05) is 5.32 Å². The molecule has 0 aliphatic carbocycles. The Morgan fingerprint density at radius 3 is 2.53 bits per heavy atom. The molecule has 9 heteroatoms. The zero-order valence-corrected chi connectivity index (χ0v) is 18.6. The summed E-state index contributed by atoms with van der Waals surface area (Å²) in [5.74, 6) is 0.958. The lowest BCUT2D eigenvalue weighted by atomic mass is 10.2. The highest BCUT2D eigenvalue weighted by Gasteiger charge is 2.16. The van der Waals surface area contributed by atoms with Gasteiger partial charge in [-0.25, -0.2) is 4.68 Å².